The van der Waals surface area contributed by atoms with Crippen LogP contribution in [0.2, 0.25) is 0 Å². The molecule has 0 aliphatic rings. The smallest absolute Gasteiger partial charge is 0.262 e. The second kappa shape index (κ2) is 9.00. The average molecular weight is 425 g/mol. The van der Waals surface area contributed by atoms with Crippen LogP contribution in [0.4, 0.5) is 11.4 Å². The fourth-order valence-corrected chi connectivity index (χ4v) is 4.32. The van der Waals surface area contributed by atoms with E-state index in [9.17, 15) is 13.2 Å². The van der Waals surface area contributed by atoms with Gasteiger partial charge in [-0.25, -0.2) is 8.42 Å². The Hall–Kier alpha value is -3.32. The third-order valence-corrected chi connectivity index (χ3v) is 5.97. The van der Waals surface area contributed by atoms with Crippen LogP contribution in [0, 0.1) is 13.8 Å². The number of carbonyl (C=O) groups is 1. The number of benzene rings is 3. The third kappa shape index (κ3) is 4.99. The molecule has 0 aliphatic carbocycles. The van der Waals surface area contributed by atoms with Gasteiger partial charge in [0.25, 0.3) is 15.9 Å². The van der Waals surface area contributed by atoms with Crippen molar-refractivity contribution >= 4 is 27.3 Å². The molecule has 30 heavy (non-hydrogen) atoms. The van der Waals surface area contributed by atoms with E-state index in [2.05, 4.69) is 10.0 Å². The lowest BCUT2D eigenvalue weighted by Crippen LogP contribution is -2.17. The molecule has 3 aromatic rings. The van der Waals surface area contributed by atoms with Gasteiger partial charge in [-0.1, -0.05) is 30.3 Å². The Kier molecular flexibility index (Phi) is 6.42. The van der Waals surface area contributed by atoms with Crippen molar-refractivity contribution in [2.75, 3.05) is 16.6 Å². The van der Waals surface area contributed by atoms with Gasteiger partial charge in [0.2, 0.25) is 0 Å². The summed E-state index contributed by atoms with van der Waals surface area (Å²) in [5.41, 5.74) is 2.70. The zero-order chi connectivity index (χ0) is 21.7. The van der Waals surface area contributed by atoms with Crippen LogP contribution in [-0.4, -0.2) is 20.9 Å². The number of amides is 1. The van der Waals surface area contributed by atoms with E-state index in [-0.39, 0.29) is 10.5 Å². The summed E-state index contributed by atoms with van der Waals surface area (Å²) in [4.78, 5) is 12.8. The summed E-state index contributed by atoms with van der Waals surface area (Å²) in [5, 5.41) is 2.79. The van der Waals surface area contributed by atoms with Gasteiger partial charge in [-0.15, -0.1) is 0 Å². The largest absolute Gasteiger partial charge is 0.492 e. The van der Waals surface area contributed by atoms with E-state index in [0.29, 0.717) is 29.3 Å². The average Bonchev–Trinajstić information content (AvgIpc) is 2.69. The summed E-state index contributed by atoms with van der Waals surface area (Å²) in [7, 11) is -3.86. The van der Waals surface area contributed by atoms with E-state index < -0.39 is 15.9 Å². The van der Waals surface area contributed by atoms with Crippen LogP contribution in [0.25, 0.3) is 0 Å². The number of hydrogen-bond acceptors (Lipinski definition) is 4. The second-order valence-electron chi connectivity index (χ2n) is 6.84. The van der Waals surface area contributed by atoms with Gasteiger partial charge in [-0.3, -0.25) is 9.52 Å². The number of rotatable bonds is 7. The van der Waals surface area contributed by atoms with E-state index in [1.165, 1.54) is 6.07 Å². The van der Waals surface area contributed by atoms with Crippen LogP contribution in [0.15, 0.2) is 71.6 Å². The molecule has 0 heterocycles. The van der Waals surface area contributed by atoms with Gasteiger partial charge in [0.15, 0.2) is 0 Å². The van der Waals surface area contributed by atoms with E-state index in [1.807, 2.05) is 26.0 Å². The lowest BCUT2D eigenvalue weighted by Gasteiger charge is -2.14. The zero-order valence-corrected chi connectivity index (χ0v) is 17.9. The van der Waals surface area contributed by atoms with Crippen molar-refractivity contribution in [3.63, 3.8) is 0 Å². The number of carbonyl (C=O) groups excluding carboxylic acids is 1. The van der Waals surface area contributed by atoms with Crippen molar-refractivity contribution in [2.45, 2.75) is 25.7 Å². The van der Waals surface area contributed by atoms with Crippen molar-refractivity contribution in [3.05, 3.63) is 83.4 Å². The Morgan fingerprint density at radius 3 is 2.47 bits per heavy atom. The maximum Gasteiger partial charge on any atom is 0.262 e. The van der Waals surface area contributed by atoms with Gasteiger partial charge in [0.05, 0.1) is 17.2 Å². The fraction of sp³-hybridized carbons (Fsp3) is 0.174. The Balaban J connectivity index is 1.88. The summed E-state index contributed by atoms with van der Waals surface area (Å²) in [6, 6.07) is 18.8. The van der Waals surface area contributed by atoms with Crippen LogP contribution in [0.3, 0.4) is 0 Å². The molecule has 0 spiro atoms. The number of aryl methyl sites for hydroxylation is 2. The Morgan fingerprint density at radius 1 is 0.967 bits per heavy atom. The molecule has 3 aromatic carbocycles. The number of nitrogens with one attached hydrogen (secondary N) is 2. The molecule has 0 aliphatic heterocycles. The summed E-state index contributed by atoms with van der Waals surface area (Å²) in [6.07, 6.45) is 0. The molecule has 156 valence electrons. The number of sulfonamides is 1. The topological polar surface area (TPSA) is 84.5 Å². The maximum atomic E-state index is 12.9. The molecule has 6 nitrogen and oxygen atoms in total. The molecule has 0 unspecified atom stereocenters. The third-order valence-electron chi connectivity index (χ3n) is 4.45. The fourth-order valence-electron chi connectivity index (χ4n) is 3.00. The Bertz CT molecular complexity index is 1170. The predicted octanol–water partition coefficient (Wildman–Crippen LogP) is 4.76. The molecule has 3 rings (SSSR count). The molecule has 0 saturated heterocycles. The lowest BCUT2D eigenvalue weighted by molar-refractivity contribution is 0.102. The standard InChI is InChI=1S/C23H24N2O4S/c1-4-29-21-11-6-5-10-20(21)24-23(26)18-13-12-17(3)22(15-18)30(27,28)25-19-9-7-8-16(2)14-19/h5-15,25H,4H2,1-3H3,(H,24,26). The first-order chi connectivity index (χ1) is 14.3. The molecule has 0 radical (unpaired) electrons. The minimum absolute atomic E-state index is 0.0507. The normalized spacial score (nSPS) is 11.0. The summed E-state index contributed by atoms with van der Waals surface area (Å²) >= 11 is 0. The Morgan fingerprint density at radius 2 is 1.73 bits per heavy atom. The molecule has 2 N–H and O–H groups in total. The van der Waals surface area contributed by atoms with E-state index >= 15 is 0 Å². The summed E-state index contributed by atoms with van der Waals surface area (Å²) in [6.45, 7) is 5.90. The summed E-state index contributed by atoms with van der Waals surface area (Å²) < 4.78 is 34.0. The molecule has 0 bridgehead atoms. The van der Waals surface area contributed by atoms with Crippen LogP contribution in [-0.2, 0) is 10.0 Å². The number of ether oxygens (including phenoxy) is 1. The Labute approximate surface area is 177 Å². The maximum absolute atomic E-state index is 12.9. The first kappa shape index (κ1) is 21.4. The van der Waals surface area contributed by atoms with E-state index in [1.54, 1.807) is 55.5 Å². The van der Waals surface area contributed by atoms with Crippen molar-refractivity contribution in [3.8, 4) is 5.75 Å². The van der Waals surface area contributed by atoms with Gasteiger partial charge in [-0.05, 0) is 68.3 Å². The van der Waals surface area contributed by atoms with Crippen molar-refractivity contribution < 1.29 is 17.9 Å². The first-order valence-corrected chi connectivity index (χ1v) is 11.0. The second-order valence-corrected chi connectivity index (χ2v) is 8.49. The van der Waals surface area contributed by atoms with Gasteiger partial charge in [0.1, 0.15) is 5.75 Å². The number of hydrogen-bond donors (Lipinski definition) is 2. The van der Waals surface area contributed by atoms with Gasteiger partial charge in [0, 0.05) is 11.3 Å². The van der Waals surface area contributed by atoms with E-state index in [4.69, 9.17) is 4.74 Å². The molecule has 0 atom stereocenters. The van der Waals surface area contributed by atoms with Crippen molar-refractivity contribution in [2.24, 2.45) is 0 Å². The molecule has 1 amide bonds. The lowest BCUT2D eigenvalue weighted by atomic mass is 10.1. The van der Waals surface area contributed by atoms with Crippen LogP contribution >= 0.6 is 0 Å². The van der Waals surface area contributed by atoms with E-state index in [0.717, 1.165) is 5.56 Å². The van der Waals surface area contributed by atoms with Crippen LogP contribution in [0.1, 0.15) is 28.4 Å². The highest BCUT2D eigenvalue weighted by Gasteiger charge is 2.20. The highest BCUT2D eigenvalue weighted by atomic mass is 32.2. The highest BCUT2D eigenvalue weighted by Crippen LogP contribution is 2.26. The number of anilines is 2. The highest BCUT2D eigenvalue weighted by molar-refractivity contribution is 7.92. The van der Waals surface area contributed by atoms with Gasteiger partial charge in [-0.2, -0.15) is 0 Å². The molecule has 0 aromatic heterocycles. The molecule has 0 saturated carbocycles. The molecular weight excluding hydrogens is 400 g/mol. The number of para-hydroxylation sites is 2. The van der Waals surface area contributed by atoms with Gasteiger partial charge >= 0.3 is 0 Å². The van der Waals surface area contributed by atoms with Crippen molar-refractivity contribution in [1.82, 2.24) is 0 Å². The zero-order valence-electron chi connectivity index (χ0n) is 17.1. The molecule has 7 heteroatoms. The minimum Gasteiger partial charge on any atom is -0.492 e. The quantitative estimate of drug-likeness (QED) is 0.573. The summed E-state index contributed by atoms with van der Waals surface area (Å²) in [5.74, 6) is 0.128. The van der Waals surface area contributed by atoms with Gasteiger partial charge < -0.3 is 10.1 Å². The molecular formula is C23H24N2O4S. The SMILES string of the molecule is CCOc1ccccc1NC(=O)c1ccc(C)c(S(=O)(=O)Nc2cccc(C)c2)c1. The molecule has 0 fully saturated rings. The predicted molar refractivity (Wildman–Crippen MR) is 119 cm³/mol. The minimum atomic E-state index is -3.86. The monoisotopic (exact) mass is 424 g/mol. The van der Waals surface area contributed by atoms with Crippen LogP contribution < -0.4 is 14.8 Å². The van der Waals surface area contributed by atoms with Crippen molar-refractivity contribution in [1.29, 1.82) is 0 Å². The van der Waals surface area contributed by atoms with Crippen LogP contribution in [0.5, 0.6) is 5.75 Å². The first-order valence-electron chi connectivity index (χ1n) is 9.53.